The van der Waals surface area contributed by atoms with Crippen LogP contribution in [0.15, 0.2) is 14.3 Å². The Morgan fingerprint density at radius 2 is 0.535 bits per heavy atom. The third kappa shape index (κ3) is 35.8. The monoisotopic (exact) mass is 1280 g/mol. The van der Waals surface area contributed by atoms with Crippen LogP contribution in [0.2, 0.25) is 0 Å². The van der Waals surface area contributed by atoms with Gasteiger partial charge in [-0.25, -0.2) is 13.7 Å². The third-order valence-corrected chi connectivity index (χ3v) is 21.1. The predicted molar refractivity (Wildman–Crippen MR) is 362 cm³/mol. The second-order valence-electron chi connectivity index (χ2n) is 25.9. The zero-order valence-electron chi connectivity index (χ0n) is 57.1. The van der Waals surface area contributed by atoms with Gasteiger partial charge in [-0.15, -0.1) is 14.3 Å². The largest absolute Gasteiger partial charge is 0.457 e. The van der Waals surface area contributed by atoms with Crippen molar-refractivity contribution in [1.82, 2.24) is 29.4 Å². The first-order valence-electron chi connectivity index (χ1n) is 35.4. The van der Waals surface area contributed by atoms with Gasteiger partial charge >= 0.3 is 23.2 Å². The van der Waals surface area contributed by atoms with Gasteiger partial charge in [0.2, 0.25) is 17.9 Å². The summed E-state index contributed by atoms with van der Waals surface area (Å²) in [6.07, 6.45) is 43.3. The van der Waals surface area contributed by atoms with Crippen molar-refractivity contribution in [2.75, 3.05) is 113 Å². The van der Waals surface area contributed by atoms with Crippen LogP contribution >= 0.6 is 23.2 Å². The minimum Gasteiger partial charge on any atom is -0.344 e. The molecule has 0 amide bonds. The maximum absolute atomic E-state index is 15.0. The molecule has 3 saturated heterocycles. The molecule has 0 N–H and O–H groups in total. The molecular weight excluding hydrogens is 1140 g/mol. The molecule has 0 aromatic rings. The Hall–Kier alpha value is -1.74. The lowest BCUT2D eigenvalue weighted by atomic mass is 10.1. The molecule has 3 aliphatic rings. The zero-order chi connectivity index (χ0) is 62.6. The summed E-state index contributed by atoms with van der Waals surface area (Å²) in [5.41, 5.74) is -0.800. The number of unbranched alkanes of at least 4 members (excludes halogenated alkanes) is 31. The predicted octanol–water partition coefficient (Wildman–Crippen LogP) is 18.5. The second-order valence-corrected chi connectivity index (χ2v) is 30.8. The lowest BCUT2D eigenvalue weighted by molar-refractivity contribution is 0.0917. The average Bonchev–Trinajstić information content (AvgIpc) is 4.20. The van der Waals surface area contributed by atoms with E-state index in [1.165, 1.54) is 154 Å². The topological polar surface area (TPSA) is 163 Å². The highest BCUT2D eigenvalue weighted by atomic mass is 31.2. The molecule has 21 heteroatoms. The summed E-state index contributed by atoms with van der Waals surface area (Å²) in [6.45, 7) is 21.8. The molecule has 506 valence electrons. The molecular formula is C65H132N9O9P3. The van der Waals surface area contributed by atoms with Crippen molar-refractivity contribution in [3.05, 3.63) is 0 Å². The van der Waals surface area contributed by atoms with Gasteiger partial charge in [0.15, 0.2) is 0 Å². The van der Waals surface area contributed by atoms with Crippen LogP contribution in [0.5, 0.6) is 0 Å². The van der Waals surface area contributed by atoms with E-state index in [9.17, 15) is 13.7 Å². The molecule has 0 aromatic heterocycles. The van der Waals surface area contributed by atoms with Gasteiger partial charge in [0.1, 0.15) is 0 Å². The summed E-state index contributed by atoms with van der Waals surface area (Å²) in [6, 6.07) is 0. The minimum absolute atomic E-state index is 0.00132. The van der Waals surface area contributed by atoms with Crippen LogP contribution in [-0.2, 0) is 40.8 Å². The standard InChI is InChI=1S/C65H132N9O9P3/c1-11-15-19-23-26-29-32-35-38-42-48-72-54-51-69(8)62(72)66-84(75,78-57-45-41-22-18-14-4)79-58-46-59-80-85(76,67-63-70(9)52-55-73(63)49-43-39-36-33-30-27-24-20-16-12-2)81-60-47-61-82-86(77,83-65(5,6)7)68-64-71(10)53-56-74(64)50-44-40-37-34-31-28-25-21-17-13-3/h11-61H2,1-10H3. The van der Waals surface area contributed by atoms with Gasteiger partial charge in [0.25, 0.3) is 0 Å². The number of hydrogen-bond donors (Lipinski definition) is 0. The highest BCUT2D eigenvalue weighted by molar-refractivity contribution is 7.53. The Labute approximate surface area is 528 Å². The van der Waals surface area contributed by atoms with Crippen molar-refractivity contribution in [2.24, 2.45) is 14.3 Å². The SMILES string of the molecule is CCCCCCCCCCCCN1CCN(C)C1=NP(=O)(OCCCCCCC)OCCCOP(=O)(N=C1N(C)CCN1CCCCCCCCCCCC)OCCCOP(=O)(N=C1N(C)CCN1CCCCCCCCCCCC)OC(C)(C)C. The second kappa shape index (κ2) is 47.2. The molecule has 0 radical (unpaired) electrons. The van der Waals surface area contributed by atoms with E-state index in [0.29, 0.717) is 17.9 Å². The van der Waals surface area contributed by atoms with E-state index in [-0.39, 0.29) is 45.9 Å². The van der Waals surface area contributed by atoms with Gasteiger partial charge < -0.3 is 29.4 Å². The molecule has 0 bridgehead atoms. The van der Waals surface area contributed by atoms with E-state index in [2.05, 4.69) is 42.4 Å². The maximum Gasteiger partial charge on any atom is 0.457 e. The third-order valence-electron chi connectivity index (χ3n) is 16.5. The fraction of sp³-hybridized carbons (Fsp3) is 0.954. The average molecular weight is 1280 g/mol. The van der Waals surface area contributed by atoms with E-state index < -0.39 is 28.8 Å². The molecule has 3 heterocycles. The molecule has 0 spiro atoms. The number of hydrogen-bond acceptors (Lipinski definition) is 9. The number of rotatable bonds is 56. The Morgan fingerprint density at radius 3 is 0.802 bits per heavy atom. The van der Waals surface area contributed by atoms with Gasteiger partial charge in [-0.3, -0.25) is 27.1 Å². The molecule has 0 aromatic carbocycles. The van der Waals surface area contributed by atoms with Crippen LogP contribution in [0.4, 0.5) is 0 Å². The van der Waals surface area contributed by atoms with Gasteiger partial charge in [-0.1, -0.05) is 227 Å². The number of nitrogens with zero attached hydrogens (tertiary/aromatic N) is 9. The Kier molecular flexibility index (Phi) is 43.1. The van der Waals surface area contributed by atoms with Crippen LogP contribution < -0.4 is 0 Å². The molecule has 0 aliphatic carbocycles. The van der Waals surface area contributed by atoms with Crippen molar-refractivity contribution in [3.8, 4) is 0 Å². The molecule has 3 atom stereocenters. The van der Waals surface area contributed by atoms with Gasteiger partial charge in [0.05, 0.1) is 38.6 Å². The normalized spacial score (nSPS) is 18.7. The number of guanidine groups is 3. The molecule has 86 heavy (non-hydrogen) atoms. The van der Waals surface area contributed by atoms with E-state index in [1.54, 1.807) is 0 Å². The number of likely N-dealkylation sites (N-methyl/N-ethyl adjacent to an activating group) is 3. The van der Waals surface area contributed by atoms with E-state index >= 15 is 0 Å². The Bertz CT molecular complexity index is 1960. The molecule has 3 unspecified atom stereocenters. The van der Waals surface area contributed by atoms with Crippen molar-refractivity contribution < 1.29 is 40.8 Å². The quantitative estimate of drug-likeness (QED) is 0.0417. The van der Waals surface area contributed by atoms with Crippen LogP contribution in [0.25, 0.3) is 0 Å². The molecule has 3 rings (SSSR count). The first-order valence-corrected chi connectivity index (χ1v) is 39.9. The van der Waals surface area contributed by atoms with Gasteiger partial charge in [0, 0.05) is 80.0 Å². The highest BCUT2D eigenvalue weighted by Gasteiger charge is 2.37. The molecule has 0 saturated carbocycles. The van der Waals surface area contributed by atoms with Crippen molar-refractivity contribution in [3.63, 3.8) is 0 Å². The van der Waals surface area contributed by atoms with Crippen LogP contribution in [0, 0.1) is 0 Å². The Balaban J connectivity index is 1.72. The van der Waals surface area contributed by atoms with Gasteiger partial charge in [-0.2, -0.15) is 0 Å². The summed E-state index contributed by atoms with van der Waals surface area (Å²) >= 11 is 0. The van der Waals surface area contributed by atoms with Crippen molar-refractivity contribution in [1.29, 1.82) is 0 Å². The van der Waals surface area contributed by atoms with Crippen molar-refractivity contribution >= 4 is 41.1 Å². The van der Waals surface area contributed by atoms with E-state index in [1.807, 2.05) is 56.6 Å². The summed E-state index contributed by atoms with van der Waals surface area (Å²) in [5, 5.41) is 0. The summed E-state index contributed by atoms with van der Waals surface area (Å²) in [4.78, 5) is 12.7. The summed E-state index contributed by atoms with van der Waals surface area (Å²) < 4.78 is 95.5. The van der Waals surface area contributed by atoms with E-state index in [0.717, 1.165) is 130 Å². The smallest absolute Gasteiger partial charge is 0.344 e. The Morgan fingerprint density at radius 1 is 0.314 bits per heavy atom. The van der Waals surface area contributed by atoms with Crippen LogP contribution in [-0.4, -0.2) is 166 Å². The van der Waals surface area contributed by atoms with Crippen molar-refractivity contribution in [2.45, 2.75) is 292 Å². The minimum atomic E-state index is -4.16. The molecule has 3 aliphatic heterocycles. The molecule has 3 fully saturated rings. The van der Waals surface area contributed by atoms with E-state index in [4.69, 9.17) is 41.4 Å². The summed E-state index contributed by atoms with van der Waals surface area (Å²) in [7, 11) is -6.21. The maximum atomic E-state index is 15.0. The lowest BCUT2D eigenvalue weighted by Crippen LogP contribution is -2.32. The fourth-order valence-corrected chi connectivity index (χ4v) is 15.7. The zero-order valence-corrected chi connectivity index (χ0v) is 59.8. The molecule has 18 nitrogen and oxygen atoms in total. The lowest BCUT2D eigenvalue weighted by Gasteiger charge is -2.27. The van der Waals surface area contributed by atoms with Gasteiger partial charge in [-0.05, 0) is 59.3 Å². The first kappa shape index (κ1) is 78.5. The van der Waals surface area contributed by atoms with Crippen LogP contribution in [0.1, 0.15) is 286 Å². The summed E-state index contributed by atoms with van der Waals surface area (Å²) in [5.74, 6) is 1.85. The highest BCUT2D eigenvalue weighted by Crippen LogP contribution is 2.55. The van der Waals surface area contributed by atoms with Crippen LogP contribution in [0.3, 0.4) is 0 Å². The first-order chi connectivity index (χ1) is 41.5. The fourth-order valence-electron chi connectivity index (χ4n) is 11.2.